The Morgan fingerprint density at radius 2 is 2.35 bits per heavy atom. The molecule has 0 aliphatic carbocycles. The van der Waals surface area contributed by atoms with Crippen LogP contribution >= 0.6 is 0 Å². The second-order valence-electron chi connectivity index (χ2n) is 4.22. The smallest absolute Gasteiger partial charge is 0.407 e. The van der Waals surface area contributed by atoms with E-state index in [-0.39, 0.29) is 12.1 Å². The maximum absolute atomic E-state index is 11.3. The first kappa shape index (κ1) is 14.2. The van der Waals surface area contributed by atoms with Crippen LogP contribution in [0.5, 0.6) is 0 Å². The second kappa shape index (κ2) is 8.27. The summed E-state index contributed by atoms with van der Waals surface area (Å²) < 4.78 is 9.92. The van der Waals surface area contributed by atoms with Crippen molar-refractivity contribution in [3.05, 3.63) is 0 Å². The predicted octanol–water partition coefficient (Wildman–Crippen LogP) is -0.138. The standard InChI is InChI=1S/C11H22N2O4/c1-16-5-3-2-4-12-11(15)17-8-9-6-10(14)7-13-9/h9-10,13-14H,2-8H2,1H3,(H,12,15). The minimum absolute atomic E-state index is 0.0734. The number of alkyl carbamates (subject to hydrolysis) is 1. The summed E-state index contributed by atoms with van der Waals surface area (Å²) in [6.45, 7) is 2.19. The Morgan fingerprint density at radius 1 is 1.53 bits per heavy atom. The van der Waals surface area contributed by atoms with Gasteiger partial charge in [-0.1, -0.05) is 0 Å². The first-order valence-corrected chi connectivity index (χ1v) is 6.03. The molecule has 1 amide bonds. The molecular formula is C11H22N2O4. The number of nitrogens with one attached hydrogen (secondary N) is 2. The highest BCUT2D eigenvalue weighted by Crippen LogP contribution is 2.06. The molecule has 1 aliphatic heterocycles. The minimum Gasteiger partial charge on any atom is -0.448 e. The summed E-state index contributed by atoms with van der Waals surface area (Å²) >= 11 is 0. The number of amides is 1. The number of aliphatic hydroxyl groups excluding tert-OH is 1. The fourth-order valence-electron chi connectivity index (χ4n) is 1.71. The topological polar surface area (TPSA) is 79.8 Å². The molecule has 1 rings (SSSR count). The molecule has 0 aromatic heterocycles. The van der Waals surface area contributed by atoms with Crippen LogP contribution in [0.15, 0.2) is 0 Å². The first-order valence-electron chi connectivity index (χ1n) is 6.03. The Morgan fingerprint density at radius 3 is 3.00 bits per heavy atom. The summed E-state index contributed by atoms with van der Waals surface area (Å²) in [5, 5.41) is 15.0. The molecule has 6 nitrogen and oxygen atoms in total. The number of hydrogen-bond acceptors (Lipinski definition) is 5. The highest BCUT2D eigenvalue weighted by atomic mass is 16.5. The third kappa shape index (κ3) is 6.45. The van der Waals surface area contributed by atoms with Crippen molar-refractivity contribution in [2.75, 3.05) is 33.4 Å². The molecule has 0 bridgehead atoms. The summed E-state index contributed by atoms with van der Waals surface area (Å²) in [5.41, 5.74) is 0. The summed E-state index contributed by atoms with van der Waals surface area (Å²) in [5.74, 6) is 0. The van der Waals surface area contributed by atoms with Crippen LogP contribution in [0.2, 0.25) is 0 Å². The average molecular weight is 246 g/mol. The lowest BCUT2D eigenvalue weighted by Crippen LogP contribution is -2.32. The normalized spacial score (nSPS) is 23.6. The van der Waals surface area contributed by atoms with Crippen LogP contribution in [0.3, 0.4) is 0 Å². The van der Waals surface area contributed by atoms with Gasteiger partial charge in [-0.2, -0.15) is 0 Å². The molecule has 2 atom stereocenters. The van der Waals surface area contributed by atoms with Crippen LogP contribution in [-0.4, -0.2) is 56.8 Å². The van der Waals surface area contributed by atoms with E-state index in [0.717, 1.165) is 12.8 Å². The van der Waals surface area contributed by atoms with Crippen LogP contribution < -0.4 is 10.6 Å². The Bertz CT molecular complexity index is 226. The van der Waals surface area contributed by atoms with Crippen molar-refractivity contribution >= 4 is 6.09 Å². The van der Waals surface area contributed by atoms with Gasteiger partial charge >= 0.3 is 6.09 Å². The summed E-state index contributed by atoms with van der Waals surface area (Å²) in [4.78, 5) is 11.3. The molecule has 6 heteroatoms. The molecule has 17 heavy (non-hydrogen) atoms. The maximum Gasteiger partial charge on any atom is 0.407 e. The number of rotatable bonds is 7. The van der Waals surface area contributed by atoms with Gasteiger partial charge in [-0.05, 0) is 19.3 Å². The van der Waals surface area contributed by atoms with Crippen molar-refractivity contribution in [1.82, 2.24) is 10.6 Å². The van der Waals surface area contributed by atoms with E-state index in [4.69, 9.17) is 9.47 Å². The first-order chi connectivity index (χ1) is 8.22. The molecular weight excluding hydrogens is 224 g/mol. The van der Waals surface area contributed by atoms with E-state index in [1.54, 1.807) is 7.11 Å². The monoisotopic (exact) mass is 246 g/mol. The number of unbranched alkanes of at least 4 members (excludes halogenated alkanes) is 1. The van der Waals surface area contributed by atoms with Gasteiger partial charge < -0.3 is 25.2 Å². The molecule has 2 unspecified atom stereocenters. The number of methoxy groups -OCH3 is 1. The zero-order valence-electron chi connectivity index (χ0n) is 10.3. The molecule has 1 saturated heterocycles. The van der Waals surface area contributed by atoms with E-state index < -0.39 is 6.09 Å². The van der Waals surface area contributed by atoms with Crippen molar-refractivity contribution in [2.45, 2.75) is 31.4 Å². The molecule has 0 spiro atoms. The van der Waals surface area contributed by atoms with E-state index in [9.17, 15) is 9.90 Å². The maximum atomic E-state index is 11.3. The number of ether oxygens (including phenoxy) is 2. The van der Waals surface area contributed by atoms with Crippen molar-refractivity contribution in [3.8, 4) is 0 Å². The fourth-order valence-corrected chi connectivity index (χ4v) is 1.71. The Hall–Kier alpha value is -0.850. The van der Waals surface area contributed by atoms with E-state index in [2.05, 4.69) is 10.6 Å². The summed E-state index contributed by atoms with van der Waals surface area (Å²) in [6, 6.07) is 0.0734. The van der Waals surface area contributed by atoms with Crippen molar-refractivity contribution in [1.29, 1.82) is 0 Å². The zero-order valence-corrected chi connectivity index (χ0v) is 10.3. The van der Waals surface area contributed by atoms with Crippen molar-refractivity contribution in [3.63, 3.8) is 0 Å². The van der Waals surface area contributed by atoms with Gasteiger partial charge in [-0.3, -0.25) is 0 Å². The summed E-state index contributed by atoms with van der Waals surface area (Å²) in [6.07, 6.45) is 1.73. The van der Waals surface area contributed by atoms with Gasteiger partial charge in [0.25, 0.3) is 0 Å². The predicted molar refractivity (Wildman–Crippen MR) is 62.9 cm³/mol. The summed E-state index contributed by atoms with van der Waals surface area (Å²) in [7, 11) is 1.66. The van der Waals surface area contributed by atoms with Crippen LogP contribution in [-0.2, 0) is 9.47 Å². The fraction of sp³-hybridized carbons (Fsp3) is 0.909. The van der Waals surface area contributed by atoms with Crippen LogP contribution in [0.1, 0.15) is 19.3 Å². The average Bonchev–Trinajstić information content (AvgIpc) is 2.72. The van der Waals surface area contributed by atoms with E-state index in [1.807, 2.05) is 0 Å². The minimum atomic E-state index is -0.398. The van der Waals surface area contributed by atoms with Gasteiger partial charge in [0.1, 0.15) is 6.61 Å². The lowest BCUT2D eigenvalue weighted by Gasteiger charge is -2.11. The van der Waals surface area contributed by atoms with Gasteiger partial charge in [-0.25, -0.2) is 4.79 Å². The Kier molecular flexibility index (Phi) is 6.91. The zero-order chi connectivity index (χ0) is 12.5. The van der Waals surface area contributed by atoms with E-state index >= 15 is 0 Å². The molecule has 0 aromatic rings. The lowest BCUT2D eigenvalue weighted by molar-refractivity contribution is 0.131. The molecule has 0 radical (unpaired) electrons. The number of hydrogen-bond donors (Lipinski definition) is 3. The van der Waals surface area contributed by atoms with Gasteiger partial charge in [0.15, 0.2) is 0 Å². The van der Waals surface area contributed by atoms with Crippen molar-refractivity contribution in [2.24, 2.45) is 0 Å². The largest absolute Gasteiger partial charge is 0.448 e. The Labute approximate surface area is 102 Å². The number of carbonyl (C=O) groups is 1. The number of aliphatic hydroxyl groups is 1. The molecule has 1 heterocycles. The molecule has 100 valence electrons. The quantitative estimate of drug-likeness (QED) is 0.545. The third-order valence-electron chi connectivity index (χ3n) is 2.66. The van der Waals surface area contributed by atoms with Gasteiger partial charge in [-0.15, -0.1) is 0 Å². The van der Waals surface area contributed by atoms with Crippen LogP contribution in [0.25, 0.3) is 0 Å². The van der Waals surface area contributed by atoms with Gasteiger partial charge in [0.05, 0.1) is 6.10 Å². The molecule has 0 aromatic carbocycles. The van der Waals surface area contributed by atoms with Crippen LogP contribution in [0, 0.1) is 0 Å². The Balaban J connectivity index is 1.94. The van der Waals surface area contributed by atoms with E-state index in [0.29, 0.717) is 32.7 Å². The SMILES string of the molecule is COCCCCNC(=O)OCC1CC(O)CN1. The lowest BCUT2D eigenvalue weighted by atomic mass is 10.2. The van der Waals surface area contributed by atoms with Crippen LogP contribution in [0.4, 0.5) is 4.79 Å². The van der Waals surface area contributed by atoms with E-state index in [1.165, 1.54) is 0 Å². The molecule has 0 saturated carbocycles. The number of β-amino-alcohol motifs (C(OH)–C–C–N with tert-alkyl or cyclic N) is 1. The third-order valence-corrected chi connectivity index (χ3v) is 2.66. The second-order valence-corrected chi connectivity index (χ2v) is 4.22. The number of carbonyl (C=O) groups excluding carboxylic acids is 1. The van der Waals surface area contributed by atoms with Gasteiger partial charge in [0, 0.05) is 32.8 Å². The molecule has 1 aliphatic rings. The molecule has 1 fully saturated rings. The highest BCUT2D eigenvalue weighted by molar-refractivity contribution is 5.67. The molecule has 3 N–H and O–H groups in total. The highest BCUT2D eigenvalue weighted by Gasteiger charge is 2.22. The van der Waals surface area contributed by atoms with Gasteiger partial charge in [0.2, 0.25) is 0 Å². The van der Waals surface area contributed by atoms with Crippen molar-refractivity contribution < 1.29 is 19.4 Å².